The topological polar surface area (TPSA) is 61.3 Å². The number of carbonyl (C=O) groups is 1. The van der Waals surface area contributed by atoms with Crippen LogP contribution in [0.3, 0.4) is 0 Å². The molecular weight excluding hydrogens is 196 g/mol. The lowest BCUT2D eigenvalue weighted by atomic mass is 10.4. The van der Waals surface area contributed by atoms with E-state index in [0.29, 0.717) is 0 Å². The molecule has 5 nitrogen and oxygen atoms in total. The number of hydrogen-bond donors (Lipinski definition) is 0. The van der Waals surface area contributed by atoms with Crippen molar-refractivity contribution in [3.05, 3.63) is 16.8 Å². The number of rotatable bonds is 2. The van der Waals surface area contributed by atoms with Crippen LogP contribution in [0, 0.1) is 0 Å². The van der Waals surface area contributed by atoms with E-state index in [1.54, 1.807) is 0 Å². The zero-order valence-corrected chi connectivity index (χ0v) is 7.83. The van der Waals surface area contributed by atoms with E-state index in [1.165, 1.54) is 20.3 Å². The summed E-state index contributed by atoms with van der Waals surface area (Å²) in [5, 5.41) is 7.33. The van der Waals surface area contributed by atoms with E-state index in [4.69, 9.17) is 16.3 Å². The summed E-state index contributed by atoms with van der Waals surface area (Å²) in [7, 11) is 2.66. The number of aromatic nitrogens is 2. The van der Waals surface area contributed by atoms with Crippen LogP contribution in [0.4, 0.5) is 0 Å². The Labute approximate surface area is 79.6 Å². The van der Waals surface area contributed by atoms with Crippen LogP contribution in [0.2, 0.25) is 5.02 Å². The molecule has 0 spiro atoms. The predicted octanol–water partition coefficient (Wildman–Crippen LogP) is 0.925. The number of ether oxygens (including phenoxy) is 2. The largest absolute Gasteiger partial charge is 0.479 e. The summed E-state index contributed by atoms with van der Waals surface area (Å²) in [5.41, 5.74) is 0.0494. The third-order valence-electron chi connectivity index (χ3n) is 1.30. The van der Waals surface area contributed by atoms with Gasteiger partial charge in [-0.05, 0) is 6.07 Å². The third-order valence-corrected chi connectivity index (χ3v) is 1.57. The highest BCUT2D eigenvalue weighted by atomic mass is 35.5. The summed E-state index contributed by atoms with van der Waals surface area (Å²) in [6, 6.07) is 1.33. The molecule has 1 rings (SSSR count). The van der Waals surface area contributed by atoms with Gasteiger partial charge in [-0.3, -0.25) is 0 Å². The van der Waals surface area contributed by atoms with Crippen molar-refractivity contribution in [2.45, 2.75) is 0 Å². The fourth-order valence-corrected chi connectivity index (χ4v) is 0.919. The van der Waals surface area contributed by atoms with Crippen molar-refractivity contribution < 1.29 is 14.3 Å². The molecule has 0 aromatic carbocycles. The van der Waals surface area contributed by atoms with E-state index in [2.05, 4.69) is 14.9 Å². The number of nitrogens with zero attached hydrogens (tertiary/aromatic N) is 2. The molecule has 0 atom stereocenters. The van der Waals surface area contributed by atoms with Crippen LogP contribution >= 0.6 is 11.6 Å². The summed E-state index contributed by atoms with van der Waals surface area (Å²) in [6.07, 6.45) is 0. The smallest absolute Gasteiger partial charge is 0.358 e. The summed E-state index contributed by atoms with van der Waals surface area (Å²) in [5.74, 6) is -0.411. The van der Waals surface area contributed by atoms with Crippen LogP contribution < -0.4 is 4.74 Å². The molecule has 0 saturated heterocycles. The highest BCUT2D eigenvalue weighted by molar-refractivity contribution is 6.32. The Bertz CT molecular complexity index is 330. The van der Waals surface area contributed by atoms with E-state index in [9.17, 15) is 4.79 Å². The molecule has 0 unspecified atom stereocenters. The van der Waals surface area contributed by atoms with E-state index >= 15 is 0 Å². The van der Waals surface area contributed by atoms with Gasteiger partial charge in [0.15, 0.2) is 5.69 Å². The molecule has 0 aliphatic rings. The lowest BCUT2D eigenvalue weighted by molar-refractivity contribution is 0.0592. The molecule has 1 aromatic rings. The Balaban J connectivity index is 3.02. The van der Waals surface area contributed by atoms with Crippen molar-refractivity contribution in [3.63, 3.8) is 0 Å². The molecule has 0 bridgehead atoms. The van der Waals surface area contributed by atoms with Gasteiger partial charge in [-0.1, -0.05) is 11.6 Å². The third kappa shape index (κ3) is 2.06. The van der Waals surface area contributed by atoms with Gasteiger partial charge in [-0.2, -0.15) is 0 Å². The normalized spacial score (nSPS) is 9.46. The maximum absolute atomic E-state index is 10.9. The first-order valence-electron chi connectivity index (χ1n) is 3.34. The van der Waals surface area contributed by atoms with Crippen LogP contribution in [0.15, 0.2) is 6.07 Å². The van der Waals surface area contributed by atoms with Crippen molar-refractivity contribution in [1.29, 1.82) is 0 Å². The minimum Gasteiger partial charge on any atom is -0.479 e. The number of halogens is 1. The van der Waals surface area contributed by atoms with Crippen molar-refractivity contribution in [3.8, 4) is 5.88 Å². The number of hydrogen-bond acceptors (Lipinski definition) is 5. The van der Waals surface area contributed by atoms with Gasteiger partial charge in [0.25, 0.3) is 5.88 Å². The fourth-order valence-electron chi connectivity index (χ4n) is 0.700. The summed E-state index contributed by atoms with van der Waals surface area (Å²) in [4.78, 5) is 10.9. The fraction of sp³-hybridized carbons (Fsp3) is 0.286. The minimum absolute atomic E-state index is 0.0494. The molecule has 0 aliphatic heterocycles. The molecule has 0 radical (unpaired) electrons. The van der Waals surface area contributed by atoms with Crippen LogP contribution in [0.5, 0.6) is 5.88 Å². The zero-order chi connectivity index (χ0) is 9.84. The Morgan fingerprint density at radius 3 is 2.62 bits per heavy atom. The Morgan fingerprint density at radius 1 is 1.46 bits per heavy atom. The molecule has 1 heterocycles. The minimum atomic E-state index is -0.586. The van der Waals surface area contributed by atoms with Crippen molar-refractivity contribution in [2.24, 2.45) is 0 Å². The number of carbonyl (C=O) groups excluding carboxylic acids is 1. The molecule has 0 fully saturated rings. The molecular formula is C7H7ClN2O3. The number of methoxy groups -OCH3 is 2. The molecule has 1 aromatic heterocycles. The lowest BCUT2D eigenvalue weighted by Gasteiger charge is -2.01. The second-order valence-electron chi connectivity index (χ2n) is 2.08. The second kappa shape index (κ2) is 4.04. The second-order valence-corrected chi connectivity index (χ2v) is 2.49. The molecule has 13 heavy (non-hydrogen) atoms. The monoisotopic (exact) mass is 202 g/mol. The van der Waals surface area contributed by atoms with Gasteiger partial charge in [0.2, 0.25) is 0 Å². The van der Waals surface area contributed by atoms with E-state index in [-0.39, 0.29) is 16.6 Å². The van der Waals surface area contributed by atoms with Gasteiger partial charge in [0.05, 0.1) is 14.2 Å². The van der Waals surface area contributed by atoms with Gasteiger partial charge < -0.3 is 9.47 Å². The maximum Gasteiger partial charge on any atom is 0.358 e. The van der Waals surface area contributed by atoms with Gasteiger partial charge >= 0.3 is 5.97 Å². The molecule has 0 aliphatic carbocycles. The Hall–Kier alpha value is -1.36. The Morgan fingerprint density at radius 2 is 2.15 bits per heavy atom. The average molecular weight is 203 g/mol. The highest BCUT2D eigenvalue weighted by Crippen LogP contribution is 2.20. The first kappa shape index (κ1) is 9.73. The zero-order valence-electron chi connectivity index (χ0n) is 7.07. The van der Waals surface area contributed by atoms with E-state index in [1.807, 2.05) is 0 Å². The van der Waals surface area contributed by atoms with Gasteiger partial charge in [-0.15, -0.1) is 10.2 Å². The standard InChI is InChI=1S/C7H7ClN2O3/c1-12-6-4(8)3-5(9-10-6)7(11)13-2/h3H,1-2H3. The molecule has 0 saturated carbocycles. The molecule has 6 heteroatoms. The van der Waals surface area contributed by atoms with Crippen LogP contribution in [-0.4, -0.2) is 30.4 Å². The summed E-state index contributed by atoms with van der Waals surface area (Å²) in [6.45, 7) is 0. The van der Waals surface area contributed by atoms with E-state index in [0.717, 1.165) is 0 Å². The number of esters is 1. The van der Waals surface area contributed by atoms with E-state index < -0.39 is 5.97 Å². The van der Waals surface area contributed by atoms with Crippen molar-refractivity contribution in [1.82, 2.24) is 10.2 Å². The van der Waals surface area contributed by atoms with Gasteiger partial charge in [0.1, 0.15) is 5.02 Å². The molecule has 0 amide bonds. The summed E-state index contributed by atoms with van der Waals surface area (Å²) < 4.78 is 9.18. The quantitative estimate of drug-likeness (QED) is 0.668. The van der Waals surface area contributed by atoms with Crippen molar-refractivity contribution >= 4 is 17.6 Å². The summed E-state index contributed by atoms with van der Waals surface area (Å²) >= 11 is 5.70. The average Bonchev–Trinajstić information content (AvgIpc) is 2.16. The molecule has 0 N–H and O–H groups in total. The Kier molecular flexibility index (Phi) is 3.02. The predicted molar refractivity (Wildman–Crippen MR) is 44.9 cm³/mol. The van der Waals surface area contributed by atoms with Gasteiger partial charge in [0, 0.05) is 0 Å². The first-order chi connectivity index (χ1) is 6.19. The van der Waals surface area contributed by atoms with Gasteiger partial charge in [-0.25, -0.2) is 4.79 Å². The van der Waals surface area contributed by atoms with Crippen molar-refractivity contribution in [2.75, 3.05) is 14.2 Å². The lowest BCUT2D eigenvalue weighted by Crippen LogP contribution is -2.06. The van der Waals surface area contributed by atoms with Crippen LogP contribution in [-0.2, 0) is 4.74 Å². The molecule has 70 valence electrons. The highest BCUT2D eigenvalue weighted by Gasteiger charge is 2.11. The maximum atomic E-state index is 10.9. The van der Waals surface area contributed by atoms with Crippen LogP contribution in [0.1, 0.15) is 10.5 Å². The van der Waals surface area contributed by atoms with Crippen LogP contribution in [0.25, 0.3) is 0 Å². The SMILES string of the molecule is COC(=O)c1cc(Cl)c(OC)nn1. The first-order valence-corrected chi connectivity index (χ1v) is 3.72.